The highest BCUT2D eigenvalue weighted by atomic mass is 16.2. The second kappa shape index (κ2) is 7.70. The van der Waals surface area contributed by atoms with Gasteiger partial charge in [0.15, 0.2) is 0 Å². The standard InChI is InChI=1S/C14H28N2O/c1-4-7-8-12-9-10-15-13(11-12)14(17)16(5-2)6-3/h12-13,15H,4-11H2,1-3H3. The van der Waals surface area contributed by atoms with Crippen LogP contribution in [0.2, 0.25) is 0 Å². The number of nitrogens with one attached hydrogen (secondary N) is 1. The fourth-order valence-electron chi connectivity index (χ4n) is 2.69. The number of unbranched alkanes of at least 4 members (excludes halogenated alkanes) is 1. The summed E-state index contributed by atoms with van der Waals surface area (Å²) in [5.74, 6) is 1.05. The van der Waals surface area contributed by atoms with E-state index in [1.807, 2.05) is 4.90 Å². The van der Waals surface area contributed by atoms with Gasteiger partial charge in [0.05, 0.1) is 6.04 Å². The maximum Gasteiger partial charge on any atom is 0.239 e. The Labute approximate surface area is 106 Å². The van der Waals surface area contributed by atoms with Crippen LogP contribution >= 0.6 is 0 Å². The van der Waals surface area contributed by atoms with Crippen LogP contribution in [0.1, 0.15) is 52.9 Å². The maximum absolute atomic E-state index is 12.2. The molecule has 1 aliphatic heterocycles. The number of likely N-dealkylation sites (N-methyl/N-ethyl adjacent to an activating group) is 1. The van der Waals surface area contributed by atoms with Gasteiger partial charge in [0, 0.05) is 13.1 Å². The zero-order valence-electron chi connectivity index (χ0n) is 11.7. The number of hydrogen-bond acceptors (Lipinski definition) is 2. The van der Waals surface area contributed by atoms with Crippen LogP contribution in [0.3, 0.4) is 0 Å². The van der Waals surface area contributed by atoms with Crippen molar-refractivity contribution in [3.63, 3.8) is 0 Å². The molecule has 0 spiro atoms. The number of amides is 1. The fraction of sp³-hybridized carbons (Fsp3) is 0.929. The average Bonchev–Trinajstić information content (AvgIpc) is 2.38. The maximum atomic E-state index is 12.2. The Morgan fingerprint density at radius 2 is 2.00 bits per heavy atom. The van der Waals surface area contributed by atoms with E-state index in [1.54, 1.807) is 0 Å². The summed E-state index contributed by atoms with van der Waals surface area (Å²) in [5, 5.41) is 3.38. The molecule has 0 saturated carbocycles. The summed E-state index contributed by atoms with van der Waals surface area (Å²) in [7, 11) is 0. The third-order valence-corrected chi connectivity index (χ3v) is 3.85. The summed E-state index contributed by atoms with van der Waals surface area (Å²) in [5.41, 5.74) is 0. The van der Waals surface area contributed by atoms with Crippen molar-refractivity contribution in [2.45, 2.75) is 58.9 Å². The Kier molecular flexibility index (Phi) is 6.56. The zero-order valence-corrected chi connectivity index (χ0v) is 11.7. The lowest BCUT2D eigenvalue weighted by Crippen LogP contribution is -2.50. The molecule has 2 unspecified atom stereocenters. The van der Waals surface area contributed by atoms with Crippen LogP contribution in [-0.4, -0.2) is 36.5 Å². The van der Waals surface area contributed by atoms with Gasteiger partial charge in [0.25, 0.3) is 0 Å². The van der Waals surface area contributed by atoms with Gasteiger partial charge in [-0.15, -0.1) is 0 Å². The van der Waals surface area contributed by atoms with Gasteiger partial charge >= 0.3 is 0 Å². The normalized spacial score (nSPS) is 24.6. The molecule has 1 heterocycles. The first-order chi connectivity index (χ1) is 8.22. The predicted octanol–water partition coefficient (Wildman–Crippen LogP) is 2.41. The van der Waals surface area contributed by atoms with Crippen molar-refractivity contribution >= 4 is 5.91 Å². The minimum Gasteiger partial charge on any atom is -0.342 e. The molecule has 0 aromatic rings. The number of carbonyl (C=O) groups excluding carboxylic acids is 1. The molecule has 0 aromatic heterocycles. The molecular weight excluding hydrogens is 212 g/mol. The summed E-state index contributed by atoms with van der Waals surface area (Å²) in [6.07, 6.45) is 6.13. The highest BCUT2D eigenvalue weighted by Crippen LogP contribution is 2.22. The minimum atomic E-state index is 0.0745. The molecule has 1 saturated heterocycles. The fourth-order valence-corrected chi connectivity index (χ4v) is 2.69. The van der Waals surface area contributed by atoms with Gasteiger partial charge in [-0.1, -0.05) is 26.2 Å². The van der Waals surface area contributed by atoms with Crippen molar-refractivity contribution in [1.82, 2.24) is 10.2 Å². The largest absolute Gasteiger partial charge is 0.342 e. The quantitative estimate of drug-likeness (QED) is 0.773. The summed E-state index contributed by atoms with van der Waals surface area (Å²) in [6, 6.07) is 0.0745. The van der Waals surface area contributed by atoms with Crippen molar-refractivity contribution in [2.24, 2.45) is 5.92 Å². The molecule has 1 aliphatic rings. The Bertz CT molecular complexity index is 226. The molecule has 1 N–H and O–H groups in total. The van der Waals surface area contributed by atoms with E-state index in [0.717, 1.165) is 32.0 Å². The van der Waals surface area contributed by atoms with Gasteiger partial charge in [-0.2, -0.15) is 0 Å². The third kappa shape index (κ3) is 4.30. The molecule has 3 nitrogen and oxygen atoms in total. The van der Waals surface area contributed by atoms with E-state index in [9.17, 15) is 4.79 Å². The number of carbonyl (C=O) groups is 1. The van der Waals surface area contributed by atoms with Crippen LogP contribution < -0.4 is 5.32 Å². The molecule has 100 valence electrons. The van der Waals surface area contributed by atoms with Crippen LogP contribution in [0, 0.1) is 5.92 Å². The van der Waals surface area contributed by atoms with Crippen LogP contribution in [0.25, 0.3) is 0 Å². The first-order valence-electron chi connectivity index (χ1n) is 7.25. The van der Waals surface area contributed by atoms with Gasteiger partial charge in [-0.25, -0.2) is 0 Å². The molecule has 0 aromatic carbocycles. The SMILES string of the molecule is CCCCC1CCNC(C(=O)N(CC)CC)C1. The summed E-state index contributed by atoms with van der Waals surface area (Å²) in [6.45, 7) is 9.00. The monoisotopic (exact) mass is 240 g/mol. The van der Waals surface area contributed by atoms with Gasteiger partial charge in [-0.05, 0) is 39.2 Å². The van der Waals surface area contributed by atoms with Crippen molar-refractivity contribution in [1.29, 1.82) is 0 Å². The highest BCUT2D eigenvalue weighted by Gasteiger charge is 2.28. The smallest absolute Gasteiger partial charge is 0.239 e. The van der Waals surface area contributed by atoms with Crippen LogP contribution in [0.15, 0.2) is 0 Å². The van der Waals surface area contributed by atoms with Crippen LogP contribution in [0.5, 0.6) is 0 Å². The molecule has 0 bridgehead atoms. The summed E-state index contributed by atoms with van der Waals surface area (Å²) < 4.78 is 0. The van der Waals surface area contributed by atoms with E-state index in [-0.39, 0.29) is 6.04 Å². The first kappa shape index (κ1) is 14.5. The minimum absolute atomic E-state index is 0.0745. The van der Waals surface area contributed by atoms with Gasteiger partial charge in [0.2, 0.25) is 5.91 Å². The van der Waals surface area contributed by atoms with E-state index >= 15 is 0 Å². The topological polar surface area (TPSA) is 32.3 Å². The average molecular weight is 240 g/mol. The summed E-state index contributed by atoms with van der Waals surface area (Å²) >= 11 is 0. The van der Waals surface area contributed by atoms with Crippen molar-refractivity contribution < 1.29 is 4.79 Å². The number of hydrogen-bond donors (Lipinski definition) is 1. The van der Waals surface area contributed by atoms with Crippen molar-refractivity contribution in [3.05, 3.63) is 0 Å². The number of piperidine rings is 1. The highest BCUT2D eigenvalue weighted by molar-refractivity contribution is 5.82. The van der Waals surface area contributed by atoms with Crippen LogP contribution in [-0.2, 0) is 4.79 Å². The van der Waals surface area contributed by atoms with E-state index in [4.69, 9.17) is 0 Å². The third-order valence-electron chi connectivity index (χ3n) is 3.85. The van der Waals surface area contributed by atoms with Crippen LogP contribution in [0.4, 0.5) is 0 Å². The molecule has 17 heavy (non-hydrogen) atoms. The molecule has 1 amide bonds. The van der Waals surface area contributed by atoms with Crippen molar-refractivity contribution in [3.8, 4) is 0 Å². The molecule has 1 rings (SSSR count). The van der Waals surface area contributed by atoms with E-state index < -0.39 is 0 Å². The number of rotatable bonds is 6. The molecule has 0 radical (unpaired) electrons. The Morgan fingerprint density at radius 1 is 1.29 bits per heavy atom. The lowest BCUT2D eigenvalue weighted by atomic mass is 9.88. The Hall–Kier alpha value is -0.570. The van der Waals surface area contributed by atoms with Gasteiger partial charge in [0.1, 0.15) is 0 Å². The zero-order chi connectivity index (χ0) is 12.7. The second-order valence-corrected chi connectivity index (χ2v) is 5.05. The van der Waals surface area contributed by atoms with E-state index in [0.29, 0.717) is 5.91 Å². The molecular formula is C14H28N2O. The predicted molar refractivity (Wildman–Crippen MR) is 72.0 cm³/mol. The van der Waals surface area contributed by atoms with Crippen molar-refractivity contribution in [2.75, 3.05) is 19.6 Å². The lowest BCUT2D eigenvalue weighted by Gasteiger charge is -2.32. The number of nitrogens with zero attached hydrogens (tertiary/aromatic N) is 1. The van der Waals surface area contributed by atoms with Gasteiger partial charge < -0.3 is 10.2 Å². The Morgan fingerprint density at radius 3 is 2.59 bits per heavy atom. The molecule has 2 atom stereocenters. The molecule has 1 fully saturated rings. The van der Waals surface area contributed by atoms with E-state index in [1.165, 1.54) is 25.7 Å². The lowest BCUT2D eigenvalue weighted by molar-refractivity contribution is -0.134. The summed E-state index contributed by atoms with van der Waals surface area (Å²) in [4.78, 5) is 14.2. The molecule has 0 aliphatic carbocycles. The Balaban J connectivity index is 2.45. The first-order valence-corrected chi connectivity index (χ1v) is 7.25. The second-order valence-electron chi connectivity index (χ2n) is 5.05. The molecule has 3 heteroatoms. The van der Waals surface area contributed by atoms with E-state index in [2.05, 4.69) is 26.1 Å². The van der Waals surface area contributed by atoms with Gasteiger partial charge in [-0.3, -0.25) is 4.79 Å².